The Morgan fingerprint density at radius 1 is 0.972 bits per heavy atom. The van der Waals surface area contributed by atoms with Crippen molar-refractivity contribution in [1.29, 1.82) is 0 Å². The van der Waals surface area contributed by atoms with Crippen LogP contribution in [0.2, 0.25) is 0 Å². The molecule has 0 unspecified atom stereocenters. The number of thioether (sulfide) groups is 2. The molecular weight excluding hydrogens is 498 g/mol. The van der Waals surface area contributed by atoms with Crippen LogP contribution in [0.15, 0.2) is 88.9 Å². The number of hydrazone groups is 1. The number of fused-ring (bicyclic) bond motifs is 1. The Hall–Kier alpha value is -3.89. The zero-order chi connectivity index (χ0) is 24.7. The van der Waals surface area contributed by atoms with Crippen LogP contribution in [0, 0.1) is 0 Å². The van der Waals surface area contributed by atoms with E-state index in [2.05, 4.69) is 5.10 Å². The highest BCUT2D eigenvalue weighted by Crippen LogP contribution is 2.59. The van der Waals surface area contributed by atoms with E-state index in [-0.39, 0.29) is 17.7 Å². The maximum atomic E-state index is 14.0. The number of methoxy groups -OCH3 is 1. The molecule has 1 spiro atoms. The van der Waals surface area contributed by atoms with Crippen molar-refractivity contribution in [3.05, 3.63) is 89.3 Å². The van der Waals surface area contributed by atoms with E-state index >= 15 is 0 Å². The standard InChI is InChI=1S/C26H19N3O5S2/c1-32-25(31)23-27-29(19-10-6-3-7-11-19)26(36-23)28(18-8-4-2-5-9-18)24(30)22(35-26)15-17-12-13-20-21(14-17)34-16-33-20/h2-15H,16H2,1H3/b22-15-/t26-/m0/s1. The zero-order valence-electron chi connectivity index (χ0n) is 19.0. The Morgan fingerprint density at radius 2 is 1.67 bits per heavy atom. The first-order chi connectivity index (χ1) is 17.6. The minimum atomic E-state index is -1.12. The van der Waals surface area contributed by atoms with Crippen LogP contribution in [-0.2, 0) is 14.3 Å². The van der Waals surface area contributed by atoms with E-state index in [9.17, 15) is 9.59 Å². The van der Waals surface area contributed by atoms with E-state index in [4.69, 9.17) is 14.2 Å². The number of nitrogens with zero attached hydrogens (tertiary/aromatic N) is 3. The zero-order valence-corrected chi connectivity index (χ0v) is 20.6. The molecule has 0 N–H and O–H groups in total. The molecule has 0 aliphatic carbocycles. The van der Waals surface area contributed by atoms with Gasteiger partial charge >= 0.3 is 5.97 Å². The van der Waals surface area contributed by atoms with Crippen LogP contribution in [0.1, 0.15) is 5.56 Å². The van der Waals surface area contributed by atoms with Crippen molar-refractivity contribution in [3.8, 4) is 11.5 Å². The van der Waals surface area contributed by atoms with E-state index < -0.39 is 10.3 Å². The Labute approximate surface area is 215 Å². The molecule has 3 aromatic carbocycles. The summed E-state index contributed by atoms with van der Waals surface area (Å²) in [4.78, 5) is 28.8. The molecule has 10 heteroatoms. The van der Waals surface area contributed by atoms with E-state index in [1.165, 1.54) is 30.6 Å². The van der Waals surface area contributed by atoms with Gasteiger partial charge in [0, 0.05) is 5.69 Å². The third kappa shape index (κ3) is 3.69. The third-order valence-corrected chi connectivity index (χ3v) is 8.39. The molecule has 180 valence electrons. The number of benzene rings is 3. The third-order valence-electron chi connectivity index (χ3n) is 5.70. The Bertz CT molecular complexity index is 1410. The van der Waals surface area contributed by atoms with Crippen molar-refractivity contribution in [2.75, 3.05) is 23.8 Å². The molecule has 6 rings (SSSR count). The fraction of sp³-hybridized carbons (Fsp3) is 0.115. The predicted molar refractivity (Wildman–Crippen MR) is 141 cm³/mol. The van der Waals surface area contributed by atoms with Crippen molar-refractivity contribution < 1.29 is 23.8 Å². The number of ether oxygens (including phenoxy) is 3. The monoisotopic (exact) mass is 517 g/mol. The molecule has 3 aliphatic rings. The van der Waals surface area contributed by atoms with Gasteiger partial charge in [-0.05, 0) is 59.8 Å². The van der Waals surface area contributed by atoms with Crippen molar-refractivity contribution in [2.24, 2.45) is 5.10 Å². The van der Waals surface area contributed by atoms with Gasteiger partial charge in [-0.2, -0.15) is 5.10 Å². The van der Waals surface area contributed by atoms with Crippen LogP contribution in [0.5, 0.6) is 11.5 Å². The fourth-order valence-electron chi connectivity index (χ4n) is 4.08. The SMILES string of the molecule is COC(=O)C1=NN(c2ccccc2)[C@]2(S1)S/C(=C\c1ccc3c(c1)OCO3)C(=O)N2c1ccccc1. The fourth-order valence-corrected chi connectivity index (χ4v) is 6.98. The number of esters is 1. The molecule has 0 saturated carbocycles. The number of carbonyl (C=O) groups is 2. The van der Waals surface area contributed by atoms with Crippen LogP contribution in [0.3, 0.4) is 0 Å². The number of anilines is 2. The summed E-state index contributed by atoms with van der Waals surface area (Å²) < 4.78 is 14.8. The molecule has 1 saturated heterocycles. The first-order valence-electron chi connectivity index (χ1n) is 11.0. The second kappa shape index (κ2) is 8.96. The number of carbonyl (C=O) groups excluding carboxylic acids is 2. The van der Waals surface area contributed by atoms with Crippen LogP contribution in [0.4, 0.5) is 11.4 Å². The smallest absolute Gasteiger partial charge is 0.365 e. The molecule has 0 aromatic heterocycles. The first-order valence-corrected chi connectivity index (χ1v) is 12.6. The maximum Gasteiger partial charge on any atom is 0.365 e. The highest BCUT2D eigenvalue weighted by molar-refractivity contribution is 8.29. The second-order valence-electron chi connectivity index (χ2n) is 7.89. The molecule has 8 nitrogen and oxygen atoms in total. The molecule has 36 heavy (non-hydrogen) atoms. The van der Waals surface area contributed by atoms with Gasteiger partial charge in [0.05, 0.1) is 17.7 Å². The van der Waals surface area contributed by atoms with Crippen molar-refractivity contribution in [1.82, 2.24) is 0 Å². The van der Waals surface area contributed by atoms with Gasteiger partial charge in [0.2, 0.25) is 16.2 Å². The highest BCUT2D eigenvalue weighted by Gasteiger charge is 2.60. The number of rotatable bonds is 4. The largest absolute Gasteiger partial charge is 0.464 e. The number of hydrogen-bond donors (Lipinski definition) is 0. The van der Waals surface area contributed by atoms with Crippen LogP contribution in [0.25, 0.3) is 6.08 Å². The van der Waals surface area contributed by atoms with E-state index in [1.54, 1.807) is 9.91 Å². The second-order valence-corrected chi connectivity index (χ2v) is 10.5. The molecule has 0 bridgehead atoms. The van der Waals surface area contributed by atoms with Crippen LogP contribution in [-0.4, -0.2) is 35.1 Å². The van der Waals surface area contributed by atoms with Crippen molar-refractivity contribution in [3.63, 3.8) is 0 Å². The van der Waals surface area contributed by atoms with Crippen molar-refractivity contribution >= 4 is 57.9 Å². The minimum Gasteiger partial charge on any atom is -0.464 e. The Kier molecular flexibility index (Phi) is 5.62. The molecule has 3 aromatic rings. The molecule has 0 radical (unpaired) electrons. The van der Waals surface area contributed by atoms with Gasteiger partial charge in [0.1, 0.15) is 0 Å². The predicted octanol–water partition coefficient (Wildman–Crippen LogP) is 4.89. The van der Waals surface area contributed by atoms with Crippen molar-refractivity contribution in [2.45, 2.75) is 4.33 Å². The summed E-state index contributed by atoms with van der Waals surface area (Å²) in [5.74, 6) is 0.528. The average Bonchev–Trinajstić information content (AvgIpc) is 3.60. The number of amides is 1. The number of para-hydroxylation sites is 2. The van der Waals surface area contributed by atoms with Gasteiger partial charge in [0.15, 0.2) is 11.5 Å². The lowest BCUT2D eigenvalue weighted by atomic mass is 10.2. The molecule has 3 heterocycles. The first kappa shape index (κ1) is 22.6. The van der Waals surface area contributed by atoms with E-state index in [1.807, 2.05) is 84.9 Å². The van der Waals surface area contributed by atoms with Crippen LogP contribution >= 0.6 is 23.5 Å². The summed E-state index contributed by atoms with van der Waals surface area (Å²) in [5.41, 5.74) is 2.21. The summed E-state index contributed by atoms with van der Waals surface area (Å²) >= 11 is 2.51. The Morgan fingerprint density at radius 3 is 2.39 bits per heavy atom. The lowest BCUT2D eigenvalue weighted by Gasteiger charge is -2.38. The molecular formula is C26H19N3O5S2. The molecule has 1 amide bonds. The summed E-state index contributed by atoms with van der Waals surface area (Å²) in [5, 5.41) is 6.49. The highest BCUT2D eigenvalue weighted by atomic mass is 32.2. The molecule has 1 fully saturated rings. The van der Waals surface area contributed by atoms with Crippen LogP contribution < -0.4 is 19.4 Å². The van der Waals surface area contributed by atoms with Gasteiger partial charge < -0.3 is 14.2 Å². The lowest BCUT2D eigenvalue weighted by Crippen LogP contribution is -2.51. The molecule has 3 aliphatic heterocycles. The molecule has 1 atom stereocenters. The van der Waals surface area contributed by atoms with E-state index in [0.717, 1.165) is 11.3 Å². The Balaban J connectivity index is 1.49. The maximum absolute atomic E-state index is 14.0. The summed E-state index contributed by atoms with van der Waals surface area (Å²) in [6.45, 7) is 0.171. The average molecular weight is 518 g/mol. The summed E-state index contributed by atoms with van der Waals surface area (Å²) in [6.07, 6.45) is 1.82. The quantitative estimate of drug-likeness (QED) is 0.358. The minimum absolute atomic E-state index is 0.159. The van der Waals surface area contributed by atoms with E-state index in [0.29, 0.717) is 22.1 Å². The van der Waals surface area contributed by atoms with Gasteiger partial charge in [-0.25, -0.2) is 9.80 Å². The summed E-state index contributed by atoms with van der Waals surface area (Å²) in [6, 6.07) is 24.3. The lowest BCUT2D eigenvalue weighted by molar-refractivity contribution is -0.132. The number of hydrogen-bond acceptors (Lipinski definition) is 9. The normalized spacial score (nSPS) is 21.4. The van der Waals surface area contributed by atoms with Gasteiger partial charge in [-0.1, -0.05) is 54.2 Å². The van der Waals surface area contributed by atoms with Gasteiger partial charge in [0.25, 0.3) is 5.91 Å². The topological polar surface area (TPSA) is 80.7 Å². The summed E-state index contributed by atoms with van der Waals surface area (Å²) in [7, 11) is 1.32. The van der Waals surface area contributed by atoms with Gasteiger partial charge in [-0.15, -0.1) is 0 Å². The van der Waals surface area contributed by atoms with Gasteiger partial charge in [-0.3, -0.25) is 9.69 Å².